The highest BCUT2D eigenvalue weighted by Gasteiger charge is 2.34. The quantitative estimate of drug-likeness (QED) is 0.811. The molecule has 26 heavy (non-hydrogen) atoms. The van der Waals surface area contributed by atoms with Crippen molar-refractivity contribution in [3.63, 3.8) is 0 Å². The number of methoxy groups -OCH3 is 1. The van der Waals surface area contributed by atoms with Gasteiger partial charge in [0.1, 0.15) is 12.1 Å². The number of benzene rings is 1. The number of hydrogen-bond donors (Lipinski definition) is 1. The molecule has 1 aliphatic heterocycles. The molecule has 1 aliphatic rings. The van der Waals surface area contributed by atoms with Gasteiger partial charge in [-0.25, -0.2) is 17.9 Å². The number of rotatable bonds is 5. The van der Waals surface area contributed by atoms with E-state index in [0.29, 0.717) is 30.1 Å². The molecule has 0 bridgehead atoms. The van der Waals surface area contributed by atoms with Crippen LogP contribution in [0.15, 0.2) is 24.5 Å². The van der Waals surface area contributed by atoms with Gasteiger partial charge in [0, 0.05) is 30.4 Å². The number of ether oxygens (including phenoxy) is 1. The van der Waals surface area contributed by atoms with E-state index in [4.69, 9.17) is 4.74 Å². The molecule has 140 valence electrons. The van der Waals surface area contributed by atoms with E-state index < -0.39 is 9.84 Å². The Morgan fingerprint density at radius 3 is 2.81 bits per heavy atom. The lowest BCUT2D eigenvalue weighted by Crippen LogP contribution is -2.43. The fourth-order valence-corrected chi connectivity index (χ4v) is 4.70. The summed E-state index contributed by atoms with van der Waals surface area (Å²) in [7, 11) is -1.55. The van der Waals surface area contributed by atoms with Crippen LogP contribution in [0.4, 0.5) is 10.5 Å². The van der Waals surface area contributed by atoms with E-state index in [1.807, 2.05) is 6.92 Å². The molecule has 0 radical (unpaired) electrons. The zero-order valence-electron chi connectivity index (χ0n) is 14.5. The largest absolute Gasteiger partial charge is 0.497 e. The maximum absolute atomic E-state index is 12.7. The summed E-state index contributed by atoms with van der Waals surface area (Å²) in [6.07, 6.45) is 1.89. The average molecular weight is 380 g/mol. The summed E-state index contributed by atoms with van der Waals surface area (Å²) < 4.78 is 30.1. The van der Waals surface area contributed by atoms with E-state index in [1.54, 1.807) is 23.1 Å². The van der Waals surface area contributed by atoms with Gasteiger partial charge in [-0.1, -0.05) is 0 Å². The molecule has 1 saturated heterocycles. The number of nitrogens with one attached hydrogen (secondary N) is 1. The van der Waals surface area contributed by atoms with Crippen LogP contribution in [0, 0.1) is 0 Å². The molecule has 2 heterocycles. The summed E-state index contributed by atoms with van der Waals surface area (Å²) in [5.74, 6) is 0.645. The Labute approximate surface area is 151 Å². The van der Waals surface area contributed by atoms with E-state index in [0.717, 1.165) is 0 Å². The Kier molecular flexibility index (Phi) is 5.07. The Morgan fingerprint density at radius 2 is 2.23 bits per heavy atom. The number of carbonyl (C=O) groups is 1. The molecule has 2 amide bonds. The van der Waals surface area contributed by atoms with Gasteiger partial charge in [-0.05, 0) is 29.8 Å². The molecule has 0 saturated carbocycles. The summed E-state index contributed by atoms with van der Waals surface area (Å²) in [5, 5.41) is 13.8. The van der Waals surface area contributed by atoms with Crippen LogP contribution in [-0.4, -0.2) is 70.8 Å². The fraction of sp³-hybridized carbons (Fsp3) is 0.467. The van der Waals surface area contributed by atoms with Crippen molar-refractivity contribution >= 4 is 21.6 Å². The highest BCUT2D eigenvalue weighted by atomic mass is 32.2. The molecule has 1 fully saturated rings. The number of nitrogens with zero attached hydrogens (tertiary/aromatic N) is 5. The standard InChI is InChI=1S/C15H20N6O4S/c1-3-20(12-4-5-26(23,24)9-12)15(22)17-11-6-13(8-14(7-11)25-2)21-10-16-18-19-21/h6-8,10,12H,3-5,9H2,1-2H3,(H,17,22)/t12-/m0/s1. The van der Waals surface area contributed by atoms with Gasteiger partial charge >= 0.3 is 6.03 Å². The number of tetrazole rings is 1. The van der Waals surface area contributed by atoms with Crippen molar-refractivity contribution < 1.29 is 17.9 Å². The second-order valence-corrected chi connectivity index (χ2v) is 8.18. The van der Waals surface area contributed by atoms with Crippen LogP contribution in [0.5, 0.6) is 5.75 Å². The smallest absolute Gasteiger partial charge is 0.322 e. The second kappa shape index (κ2) is 7.28. The maximum Gasteiger partial charge on any atom is 0.322 e. The predicted octanol–water partition coefficient (Wildman–Crippen LogP) is 0.712. The van der Waals surface area contributed by atoms with Crippen molar-refractivity contribution in [2.75, 3.05) is 30.5 Å². The zero-order valence-corrected chi connectivity index (χ0v) is 15.3. The molecule has 1 N–H and O–H groups in total. The van der Waals surface area contributed by atoms with Crippen LogP contribution in [0.1, 0.15) is 13.3 Å². The molecule has 10 nitrogen and oxygen atoms in total. The Bertz CT molecular complexity index is 884. The molecular formula is C15H20N6O4S. The summed E-state index contributed by atoms with van der Waals surface area (Å²) in [6.45, 7) is 2.23. The average Bonchev–Trinajstić information content (AvgIpc) is 3.25. The van der Waals surface area contributed by atoms with Crippen LogP contribution < -0.4 is 10.1 Å². The zero-order chi connectivity index (χ0) is 18.7. The number of aromatic nitrogens is 4. The topological polar surface area (TPSA) is 119 Å². The van der Waals surface area contributed by atoms with Crippen molar-refractivity contribution in [2.45, 2.75) is 19.4 Å². The first-order chi connectivity index (χ1) is 12.4. The third kappa shape index (κ3) is 3.93. The van der Waals surface area contributed by atoms with Crippen molar-refractivity contribution in [3.05, 3.63) is 24.5 Å². The Morgan fingerprint density at radius 1 is 1.42 bits per heavy atom. The number of carbonyl (C=O) groups excluding carboxylic acids is 1. The minimum Gasteiger partial charge on any atom is -0.497 e. The van der Waals surface area contributed by atoms with E-state index >= 15 is 0 Å². The lowest BCUT2D eigenvalue weighted by Gasteiger charge is -2.27. The van der Waals surface area contributed by atoms with Gasteiger partial charge in [-0.2, -0.15) is 0 Å². The van der Waals surface area contributed by atoms with Crippen LogP contribution in [0.25, 0.3) is 5.69 Å². The van der Waals surface area contributed by atoms with Crippen LogP contribution in [-0.2, 0) is 9.84 Å². The molecular weight excluding hydrogens is 360 g/mol. The van der Waals surface area contributed by atoms with Gasteiger partial charge in [0.2, 0.25) is 0 Å². The molecule has 3 rings (SSSR count). The predicted molar refractivity (Wildman–Crippen MR) is 94.2 cm³/mol. The monoisotopic (exact) mass is 380 g/mol. The van der Waals surface area contributed by atoms with Crippen molar-refractivity contribution in [2.24, 2.45) is 0 Å². The van der Waals surface area contributed by atoms with E-state index in [2.05, 4.69) is 20.8 Å². The van der Waals surface area contributed by atoms with Crippen molar-refractivity contribution in [1.29, 1.82) is 0 Å². The summed E-state index contributed by atoms with van der Waals surface area (Å²) >= 11 is 0. The minimum absolute atomic E-state index is 0.00223. The lowest BCUT2D eigenvalue weighted by molar-refractivity contribution is 0.197. The molecule has 11 heteroatoms. The highest BCUT2D eigenvalue weighted by Crippen LogP contribution is 2.24. The Hall–Kier alpha value is -2.69. The molecule has 0 unspecified atom stereocenters. The van der Waals surface area contributed by atoms with Crippen molar-refractivity contribution in [3.8, 4) is 11.4 Å². The number of anilines is 1. The highest BCUT2D eigenvalue weighted by molar-refractivity contribution is 7.91. The minimum atomic E-state index is -3.07. The molecule has 0 aliphatic carbocycles. The summed E-state index contributed by atoms with van der Waals surface area (Å²) in [6, 6.07) is 4.44. The van der Waals surface area contributed by atoms with Crippen LogP contribution in [0.3, 0.4) is 0 Å². The number of hydrogen-bond acceptors (Lipinski definition) is 7. The van der Waals surface area contributed by atoms with Gasteiger partial charge < -0.3 is 15.0 Å². The molecule has 2 aromatic rings. The number of urea groups is 1. The molecule has 1 aromatic heterocycles. The molecule has 1 aromatic carbocycles. The maximum atomic E-state index is 12.7. The molecule has 1 atom stereocenters. The SMILES string of the molecule is CCN(C(=O)Nc1cc(OC)cc(-n2cnnn2)c1)[C@H]1CCS(=O)(=O)C1. The number of amides is 2. The van der Waals surface area contributed by atoms with Gasteiger partial charge in [-0.15, -0.1) is 5.10 Å². The van der Waals surface area contributed by atoms with Gasteiger partial charge in [0.15, 0.2) is 9.84 Å². The number of sulfone groups is 1. The first kappa shape index (κ1) is 18.1. The summed E-state index contributed by atoms with van der Waals surface area (Å²) in [4.78, 5) is 14.2. The van der Waals surface area contributed by atoms with E-state index in [-0.39, 0.29) is 23.6 Å². The van der Waals surface area contributed by atoms with Gasteiger partial charge in [0.05, 0.1) is 24.3 Å². The van der Waals surface area contributed by atoms with Gasteiger partial charge in [0.25, 0.3) is 0 Å². The molecule has 0 spiro atoms. The normalized spacial score (nSPS) is 18.5. The third-order valence-electron chi connectivity index (χ3n) is 4.24. The third-order valence-corrected chi connectivity index (χ3v) is 5.99. The van der Waals surface area contributed by atoms with E-state index in [9.17, 15) is 13.2 Å². The van der Waals surface area contributed by atoms with E-state index in [1.165, 1.54) is 18.1 Å². The van der Waals surface area contributed by atoms with Gasteiger partial charge in [-0.3, -0.25) is 0 Å². The lowest BCUT2D eigenvalue weighted by atomic mass is 10.2. The summed E-state index contributed by atoms with van der Waals surface area (Å²) in [5.41, 5.74) is 1.12. The van der Waals surface area contributed by atoms with Crippen molar-refractivity contribution in [1.82, 2.24) is 25.1 Å². The first-order valence-electron chi connectivity index (χ1n) is 8.12. The van der Waals surface area contributed by atoms with Crippen LogP contribution in [0.2, 0.25) is 0 Å². The Balaban J connectivity index is 1.81. The fourth-order valence-electron chi connectivity index (χ4n) is 2.97. The van der Waals surface area contributed by atoms with Crippen LogP contribution >= 0.6 is 0 Å². The second-order valence-electron chi connectivity index (χ2n) is 5.95. The first-order valence-corrected chi connectivity index (χ1v) is 9.94.